The van der Waals surface area contributed by atoms with Crippen LogP contribution in [0.25, 0.3) is 11.0 Å². The van der Waals surface area contributed by atoms with Gasteiger partial charge in [0.25, 0.3) is 5.91 Å². The van der Waals surface area contributed by atoms with Crippen molar-refractivity contribution in [2.45, 2.75) is 32.4 Å². The van der Waals surface area contributed by atoms with Crippen LogP contribution in [0, 0.1) is 6.92 Å². The summed E-state index contributed by atoms with van der Waals surface area (Å²) >= 11 is 0. The number of aryl methyl sites for hydroxylation is 2. The molecule has 1 amide bonds. The maximum absolute atomic E-state index is 12.7. The molecule has 0 bridgehead atoms. The Morgan fingerprint density at radius 3 is 2.71 bits per heavy atom. The molecule has 1 aromatic heterocycles. The average Bonchev–Trinajstić information content (AvgIpc) is 3.19. The van der Waals surface area contributed by atoms with Gasteiger partial charge in [0.2, 0.25) is 0 Å². The molecule has 3 heterocycles. The SMILES string of the molecule is CCc1cc(=O)oc2cc(C)cc(OCC(=O)N[C@H]3COC[C@@H]3N3CCN(C)CC3)c12. The number of carbonyl (C=O) groups excluding carboxylic acids is 1. The monoisotopic (exact) mass is 429 g/mol. The molecule has 31 heavy (non-hydrogen) atoms. The number of carbonyl (C=O) groups is 1. The van der Waals surface area contributed by atoms with E-state index in [4.69, 9.17) is 13.9 Å². The summed E-state index contributed by atoms with van der Waals surface area (Å²) in [5.41, 5.74) is 1.86. The predicted molar refractivity (Wildman–Crippen MR) is 118 cm³/mol. The van der Waals surface area contributed by atoms with Crippen LogP contribution in [0.15, 0.2) is 27.4 Å². The zero-order chi connectivity index (χ0) is 22.0. The fourth-order valence-corrected chi connectivity index (χ4v) is 4.45. The minimum absolute atomic E-state index is 0.0435. The van der Waals surface area contributed by atoms with Crippen LogP contribution in [-0.2, 0) is 16.0 Å². The van der Waals surface area contributed by atoms with E-state index < -0.39 is 0 Å². The van der Waals surface area contributed by atoms with E-state index in [1.54, 1.807) is 0 Å². The maximum Gasteiger partial charge on any atom is 0.336 e. The molecule has 2 aliphatic heterocycles. The second-order valence-corrected chi connectivity index (χ2v) is 8.49. The van der Waals surface area contributed by atoms with Crippen LogP contribution in [0.4, 0.5) is 0 Å². The van der Waals surface area contributed by atoms with Gasteiger partial charge >= 0.3 is 5.63 Å². The summed E-state index contributed by atoms with van der Waals surface area (Å²) < 4.78 is 17.0. The lowest BCUT2D eigenvalue weighted by Crippen LogP contribution is -2.56. The van der Waals surface area contributed by atoms with Crippen LogP contribution >= 0.6 is 0 Å². The van der Waals surface area contributed by atoms with Crippen LogP contribution in [0.1, 0.15) is 18.1 Å². The Kier molecular flexibility index (Phi) is 6.60. The number of nitrogens with one attached hydrogen (secondary N) is 1. The number of piperazine rings is 1. The van der Waals surface area contributed by atoms with Gasteiger partial charge in [0.1, 0.15) is 11.3 Å². The summed E-state index contributed by atoms with van der Waals surface area (Å²) in [7, 11) is 2.13. The van der Waals surface area contributed by atoms with E-state index in [9.17, 15) is 9.59 Å². The molecule has 8 nitrogen and oxygen atoms in total. The molecule has 1 N–H and O–H groups in total. The molecule has 0 radical (unpaired) electrons. The summed E-state index contributed by atoms with van der Waals surface area (Å²) in [4.78, 5) is 29.2. The summed E-state index contributed by atoms with van der Waals surface area (Å²) in [5.74, 6) is 0.378. The second-order valence-electron chi connectivity index (χ2n) is 8.49. The molecule has 2 aliphatic rings. The molecular formula is C23H31N3O5. The number of hydrogen-bond donors (Lipinski definition) is 1. The smallest absolute Gasteiger partial charge is 0.336 e. The van der Waals surface area contributed by atoms with Crippen molar-refractivity contribution >= 4 is 16.9 Å². The molecule has 0 spiro atoms. The van der Waals surface area contributed by atoms with Crippen molar-refractivity contribution in [3.05, 3.63) is 39.7 Å². The normalized spacial score (nSPS) is 22.7. The number of rotatable bonds is 6. The predicted octanol–water partition coefficient (Wildman–Crippen LogP) is 1.17. The molecule has 2 fully saturated rings. The second kappa shape index (κ2) is 9.38. The topological polar surface area (TPSA) is 84.2 Å². The van der Waals surface area contributed by atoms with E-state index in [2.05, 4.69) is 22.2 Å². The van der Waals surface area contributed by atoms with Crippen LogP contribution in [0.2, 0.25) is 0 Å². The lowest BCUT2D eigenvalue weighted by molar-refractivity contribution is -0.124. The first-order valence-electron chi connectivity index (χ1n) is 10.9. The third-order valence-electron chi connectivity index (χ3n) is 6.18. The molecular weight excluding hydrogens is 398 g/mol. The first-order chi connectivity index (χ1) is 14.9. The molecule has 2 saturated heterocycles. The van der Waals surface area contributed by atoms with Gasteiger partial charge in [-0.05, 0) is 43.7 Å². The van der Waals surface area contributed by atoms with Crippen LogP contribution in [0.5, 0.6) is 5.75 Å². The number of ether oxygens (including phenoxy) is 2. The molecule has 2 atom stereocenters. The van der Waals surface area contributed by atoms with Gasteiger partial charge in [0, 0.05) is 32.2 Å². The fraction of sp³-hybridized carbons (Fsp3) is 0.565. The zero-order valence-electron chi connectivity index (χ0n) is 18.5. The lowest BCUT2D eigenvalue weighted by Gasteiger charge is -2.38. The highest BCUT2D eigenvalue weighted by atomic mass is 16.5. The minimum Gasteiger partial charge on any atom is -0.483 e. The van der Waals surface area contributed by atoms with Crippen molar-refractivity contribution in [1.82, 2.24) is 15.1 Å². The maximum atomic E-state index is 12.7. The van der Waals surface area contributed by atoms with Gasteiger partial charge in [-0.2, -0.15) is 0 Å². The quantitative estimate of drug-likeness (QED) is 0.690. The van der Waals surface area contributed by atoms with E-state index in [0.29, 0.717) is 31.0 Å². The minimum atomic E-state index is -0.380. The average molecular weight is 430 g/mol. The number of benzene rings is 1. The summed E-state index contributed by atoms with van der Waals surface area (Å²) in [6.45, 7) is 8.93. The highest BCUT2D eigenvalue weighted by Crippen LogP contribution is 2.30. The number of amides is 1. The molecule has 1 aromatic carbocycles. The molecule has 8 heteroatoms. The highest BCUT2D eigenvalue weighted by molar-refractivity contribution is 5.88. The third-order valence-corrected chi connectivity index (χ3v) is 6.18. The lowest BCUT2D eigenvalue weighted by atomic mass is 10.1. The van der Waals surface area contributed by atoms with Crippen LogP contribution in [0.3, 0.4) is 0 Å². The van der Waals surface area contributed by atoms with E-state index >= 15 is 0 Å². The van der Waals surface area contributed by atoms with Crippen molar-refractivity contribution < 1.29 is 18.7 Å². The molecule has 4 rings (SSSR count). The van der Waals surface area contributed by atoms with Gasteiger partial charge in [-0.1, -0.05) is 6.92 Å². The summed E-state index contributed by atoms with van der Waals surface area (Å²) in [5, 5.41) is 3.84. The van der Waals surface area contributed by atoms with Gasteiger partial charge < -0.3 is 24.1 Å². The Morgan fingerprint density at radius 1 is 1.19 bits per heavy atom. The van der Waals surface area contributed by atoms with Crippen molar-refractivity contribution in [2.75, 3.05) is 53.0 Å². The fourth-order valence-electron chi connectivity index (χ4n) is 4.45. The number of nitrogens with zero attached hydrogens (tertiary/aromatic N) is 2. The number of fused-ring (bicyclic) bond motifs is 1. The van der Waals surface area contributed by atoms with Crippen molar-refractivity contribution in [3.63, 3.8) is 0 Å². The van der Waals surface area contributed by atoms with Gasteiger partial charge in [-0.25, -0.2) is 4.79 Å². The first-order valence-corrected chi connectivity index (χ1v) is 10.9. The molecule has 168 valence electrons. The molecule has 0 saturated carbocycles. The van der Waals surface area contributed by atoms with Gasteiger partial charge in [-0.3, -0.25) is 9.69 Å². The Bertz CT molecular complexity index is 997. The van der Waals surface area contributed by atoms with Gasteiger partial charge in [0.05, 0.1) is 30.7 Å². The Labute approximate surface area is 182 Å². The van der Waals surface area contributed by atoms with Crippen molar-refractivity contribution in [3.8, 4) is 5.75 Å². The molecule has 0 aliphatic carbocycles. The van der Waals surface area contributed by atoms with Crippen molar-refractivity contribution in [1.29, 1.82) is 0 Å². The van der Waals surface area contributed by atoms with Crippen LogP contribution < -0.4 is 15.7 Å². The molecule has 0 unspecified atom stereocenters. The number of hydrogen-bond acceptors (Lipinski definition) is 7. The standard InChI is InChI=1S/C23H31N3O5/c1-4-16-11-22(28)31-20-10-15(2)9-19(23(16)20)30-14-21(27)24-17-12-29-13-18(17)26-7-5-25(3)6-8-26/h9-11,17-18H,4-8,12-14H2,1-3H3,(H,24,27)/t17-,18-/m0/s1. The first kappa shape index (κ1) is 21.8. The summed E-state index contributed by atoms with van der Waals surface area (Å²) in [6.07, 6.45) is 0.667. The van der Waals surface area contributed by atoms with E-state index in [-0.39, 0.29) is 30.2 Å². The van der Waals surface area contributed by atoms with E-state index in [1.165, 1.54) is 6.07 Å². The van der Waals surface area contributed by atoms with Gasteiger partial charge in [0.15, 0.2) is 6.61 Å². The van der Waals surface area contributed by atoms with Crippen molar-refractivity contribution in [2.24, 2.45) is 0 Å². The third kappa shape index (κ3) is 4.92. The Morgan fingerprint density at radius 2 is 1.97 bits per heavy atom. The van der Waals surface area contributed by atoms with E-state index in [0.717, 1.165) is 42.7 Å². The zero-order valence-corrected chi connectivity index (χ0v) is 18.5. The Balaban J connectivity index is 1.43. The highest BCUT2D eigenvalue weighted by Gasteiger charge is 2.35. The van der Waals surface area contributed by atoms with Crippen LogP contribution in [-0.4, -0.2) is 80.8 Å². The number of likely N-dealkylation sites (N-methyl/N-ethyl adjacent to an activating group) is 1. The largest absolute Gasteiger partial charge is 0.483 e. The Hall–Kier alpha value is -2.42. The van der Waals surface area contributed by atoms with E-state index in [1.807, 2.05) is 26.0 Å². The molecule has 2 aromatic rings. The van der Waals surface area contributed by atoms with Gasteiger partial charge in [-0.15, -0.1) is 0 Å². The summed E-state index contributed by atoms with van der Waals surface area (Å²) in [6, 6.07) is 5.33.